The number of rotatable bonds is 4. The zero-order valence-corrected chi connectivity index (χ0v) is 13.3. The minimum atomic E-state index is -3.59. The monoisotopic (exact) mass is 323 g/mol. The van der Waals surface area contributed by atoms with E-state index in [1.54, 1.807) is 12.3 Å². The Hall–Kier alpha value is -1.21. The Balaban J connectivity index is 1.84. The van der Waals surface area contributed by atoms with Crippen LogP contribution in [0.4, 0.5) is 0 Å². The third kappa shape index (κ3) is 2.76. The molecule has 3 rings (SSSR count). The summed E-state index contributed by atoms with van der Waals surface area (Å²) in [4.78, 5) is 0.737. The molecule has 0 aliphatic heterocycles. The topological polar surface area (TPSA) is 66.4 Å². The van der Waals surface area contributed by atoms with Gasteiger partial charge in [-0.3, -0.25) is 0 Å². The van der Waals surface area contributed by atoms with Crippen LogP contribution < -0.4 is 4.72 Å². The molecule has 1 aromatic carbocycles. The lowest BCUT2D eigenvalue weighted by atomic mass is 10.1. The zero-order chi connectivity index (χ0) is 15.0. The number of sulfonamides is 1. The predicted octanol–water partition coefficient (Wildman–Crippen LogP) is 1.99. The number of fused-ring (bicyclic) bond motifs is 1. The van der Waals surface area contributed by atoms with Crippen LogP contribution in [0.3, 0.4) is 0 Å². The number of hydrogen-bond acceptors (Lipinski definition) is 4. The summed E-state index contributed by atoms with van der Waals surface area (Å²) in [7, 11) is -3.59. The molecule has 0 saturated heterocycles. The van der Waals surface area contributed by atoms with Crippen LogP contribution in [0.5, 0.6) is 0 Å². The molecule has 1 aromatic heterocycles. The molecular formula is C15H17NO3S2. The second-order valence-electron chi connectivity index (χ2n) is 5.32. The summed E-state index contributed by atoms with van der Waals surface area (Å²) >= 11 is 1.28. The van der Waals surface area contributed by atoms with E-state index in [4.69, 9.17) is 0 Å². The van der Waals surface area contributed by atoms with Gasteiger partial charge in [0, 0.05) is 6.04 Å². The van der Waals surface area contributed by atoms with Crippen molar-refractivity contribution >= 4 is 21.4 Å². The van der Waals surface area contributed by atoms with Gasteiger partial charge in [0.05, 0.1) is 11.5 Å². The number of aryl methyl sites for hydroxylation is 1. The zero-order valence-electron chi connectivity index (χ0n) is 11.7. The fourth-order valence-electron chi connectivity index (χ4n) is 2.88. The first kappa shape index (κ1) is 14.7. The first-order valence-electron chi connectivity index (χ1n) is 6.78. The van der Waals surface area contributed by atoms with Crippen molar-refractivity contribution in [3.05, 3.63) is 51.2 Å². The van der Waals surface area contributed by atoms with Crippen LogP contribution in [-0.2, 0) is 29.5 Å². The molecule has 0 radical (unpaired) electrons. The molecule has 21 heavy (non-hydrogen) atoms. The van der Waals surface area contributed by atoms with E-state index >= 15 is 0 Å². The van der Waals surface area contributed by atoms with Gasteiger partial charge in [-0.1, -0.05) is 24.3 Å². The number of aliphatic hydroxyl groups excluding tert-OH is 1. The van der Waals surface area contributed by atoms with Gasteiger partial charge in [-0.05, 0) is 41.8 Å². The third-order valence-electron chi connectivity index (χ3n) is 3.77. The first-order chi connectivity index (χ1) is 10.0. The van der Waals surface area contributed by atoms with E-state index in [9.17, 15) is 13.5 Å². The molecule has 4 nitrogen and oxygen atoms in total. The fourth-order valence-corrected chi connectivity index (χ4v) is 5.78. The van der Waals surface area contributed by atoms with Crippen LogP contribution in [0, 0.1) is 6.92 Å². The standard InChI is InChI=1S/C15H17NO3S2/c1-10-9-20-14(8-17)15(10)21(18,19)16-13-6-11-4-2-3-5-12(11)7-13/h2-5,9,13,16-17H,6-8H2,1H3. The maximum absolute atomic E-state index is 12.6. The molecule has 0 bridgehead atoms. The van der Waals surface area contributed by atoms with Crippen molar-refractivity contribution in [3.63, 3.8) is 0 Å². The Morgan fingerprint density at radius 1 is 1.29 bits per heavy atom. The molecule has 0 amide bonds. The van der Waals surface area contributed by atoms with Crippen LogP contribution >= 0.6 is 11.3 Å². The third-order valence-corrected chi connectivity index (χ3v) is 6.74. The molecule has 0 unspecified atom stereocenters. The maximum atomic E-state index is 12.6. The quantitative estimate of drug-likeness (QED) is 0.904. The second-order valence-corrected chi connectivity index (χ2v) is 7.94. The van der Waals surface area contributed by atoms with Crippen molar-refractivity contribution < 1.29 is 13.5 Å². The average molecular weight is 323 g/mol. The molecule has 0 spiro atoms. The highest BCUT2D eigenvalue weighted by Gasteiger charge is 2.29. The van der Waals surface area contributed by atoms with Crippen molar-refractivity contribution in [1.82, 2.24) is 4.72 Å². The van der Waals surface area contributed by atoms with Gasteiger partial charge in [0.1, 0.15) is 4.90 Å². The Labute approximate surface area is 128 Å². The number of thiophene rings is 1. The van der Waals surface area contributed by atoms with Crippen LogP contribution in [0.15, 0.2) is 34.5 Å². The van der Waals surface area contributed by atoms with Gasteiger partial charge in [-0.15, -0.1) is 11.3 Å². The first-order valence-corrected chi connectivity index (χ1v) is 9.14. The van der Waals surface area contributed by atoms with Gasteiger partial charge in [0.25, 0.3) is 0 Å². The summed E-state index contributed by atoms with van der Waals surface area (Å²) in [5.41, 5.74) is 3.09. The Morgan fingerprint density at radius 3 is 2.48 bits per heavy atom. The summed E-state index contributed by atoms with van der Waals surface area (Å²) in [6, 6.07) is 7.92. The molecule has 112 valence electrons. The van der Waals surface area contributed by atoms with Crippen LogP contribution in [-0.4, -0.2) is 19.6 Å². The van der Waals surface area contributed by atoms with E-state index in [0.717, 1.165) is 0 Å². The fraction of sp³-hybridized carbons (Fsp3) is 0.333. The van der Waals surface area contributed by atoms with Crippen molar-refractivity contribution in [2.24, 2.45) is 0 Å². The van der Waals surface area contributed by atoms with Crippen LogP contribution in [0.1, 0.15) is 21.6 Å². The minimum Gasteiger partial charge on any atom is -0.391 e. The normalized spacial score (nSPS) is 15.3. The summed E-state index contributed by atoms with van der Waals surface area (Å²) in [6.07, 6.45) is 1.43. The Kier molecular flexibility index (Phi) is 3.88. The average Bonchev–Trinajstić information content (AvgIpc) is 3.00. The molecule has 2 N–H and O–H groups in total. The van der Waals surface area contributed by atoms with Crippen molar-refractivity contribution in [2.75, 3.05) is 0 Å². The molecule has 1 aliphatic carbocycles. The van der Waals surface area contributed by atoms with Crippen molar-refractivity contribution in [3.8, 4) is 0 Å². The Morgan fingerprint density at radius 2 is 1.90 bits per heavy atom. The van der Waals surface area contributed by atoms with Gasteiger partial charge in [-0.25, -0.2) is 13.1 Å². The molecule has 1 aliphatic rings. The molecule has 0 saturated carbocycles. The summed E-state index contributed by atoms with van der Waals surface area (Å²) in [6.45, 7) is 1.51. The number of aliphatic hydroxyl groups is 1. The lowest BCUT2D eigenvalue weighted by Gasteiger charge is -2.13. The van der Waals surface area contributed by atoms with E-state index in [0.29, 0.717) is 23.3 Å². The lowest BCUT2D eigenvalue weighted by Crippen LogP contribution is -2.35. The highest BCUT2D eigenvalue weighted by Crippen LogP contribution is 2.28. The van der Waals surface area contributed by atoms with Gasteiger partial charge in [0.2, 0.25) is 10.0 Å². The minimum absolute atomic E-state index is 0.113. The number of hydrogen-bond donors (Lipinski definition) is 2. The molecular weight excluding hydrogens is 306 g/mol. The highest BCUT2D eigenvalue weighted by molar-refractivity contribution is 7.89. The summed E-state index contributed by atoms with van der Waals surface area (Å²) < 4.78 is 28.0. The summed E-state index contributed by atoms with van der Waals surface area (Å²) in [5.74, 6) is 0. The molecule has 0 fully saturated rings. The molecule has 0 atom stereocenters. The van der Waals surface area contributed by atoms with Gasteiger partial charge in [0.15, 0.2) is 0 Å². The second kappa shape index (κ2) is 5.53. The highest BCUT2D eigenvalue weighted by atomic mass is 32.2. The molecule has 2 aromatic rings. The SMILES string of the molecule is Cc1csc(CO)c1S(=O)(=O)NC1Cc2ccccc2C1. The smallest absolute Gasteiger partial charge is 0.242 e. The van der Waals surface area contributed by atoms with E-state index in [1.165, 1.54) is 22.5 Å². The van der Waals surface area contributed by atoms with Gasteiger partial charge < -0.3 is 5.11 Å². The number of benzene rings is 1. The lowest BCUT2D eigenvalue weighted by molar-refractivity contribution is 0.282. The molecule has 1 heterocycles. The van der Waals surface area contributed by atoms with Gasteiger partial charge in [-0.2, -0.15) is 0 Å². The number of nitrogens with one attached hydrogen (secondary N) is 1. The van der Waals surface area contributed by atoms with E-state index in [1.807, 2.05) is 24.3 Å². The van der Waals surface area contributed by atoms with E-state index in [2.05, 4.69) is 4.72 Å². The van der Waals surface area contributed by atoms with Crippen molar-refractivity contribution in [1.29, 1.82) is 0 Å². The summed E-state index contributed by atoms with van der Waals surface area (Å²) in [5, 5.41) is 11.1. The van der Waals surface area contributed by atoms with E-state index in [-0.39, 0.29) is 17.5 Å². The van der Waals surface area contributed by atoms with Crippen LogP contribution in [0.2, 0.25) is 0 Å². The Bertz CT molecular complexity index is 740. The van der Waals surface area contributed by atoms with Crippen LogP contribution in [0.25, 0.3) is 0 Å². The maximum Gasteiger partial charge on any atom is 0.242 e. The van der Waals surface area contributed by atoms with Gasteiger partial charge >= 0.3 is 0 Å². The largest absolute Gasteiger partial charge is 0.391 e. The van der Waals surface area contributed by atoms with Crippen molar-refractivity contribution in [2.45, 2.75) is 37.3 Å². The molecule has 6 heteroatoms. The predicted molar refractivity (Wildman–Crippen MR) is 82.9 cm³/mol. The van der Waals surface area contributed by atoms with E-state index < -0.39 is 10.0 Å².